The molecule has 0 atom stereocenters. The van der Waals surface area contributed by atoms with Crippen LogP contribution in [0.4, 0.5) is 0 Å². The average molecular weight is 129 g/mol. The molecule has 0 aromatic heterocycles. The second kappa shape index (κ2) is 1.77. The van der Waals surface area contributed by atoms with E-state index in [0.29, 0.717) is 0 Å². The summed E-state index contributed by atoms with van der Waals surface area (Å²) in [6.45, 7) is 0. The zero-order valence-electron chi connectivity index (χ0n) is 3.83. The Morgan fingerprint density at radius 3 is 2.50 bits per heavy atom. The van der Waals surface area contributed by atoms with Crippen LogP contribution in [0.1, 0.15) is 0 Å². The number of hydrazine groups is 1. The smallest absolute Gasteiger partial charge is 0.185 e. The van der Waals surface area contributed by atoms with Crippen molar-refractivity contribution in [1.82, 2.24) is 10.7 Å². The van der Waals surface area contributed by atoms with E-state index in [4.69, 9.17) is 5.73 Å². The maximum atomic E-state index is 5.03. The SMILES string of the molecule is NC(=S)NN1N=C=N1. The van der Waals surface area contributed by atoms with Gasteiger partial charge in [-0.25, -0.2) is 5.43 Å². The molecule has 0 unspecified atom stereocenters. The minimum absolute atomic E-state index is 0.138. The second-order valence-corrected chi connectivity index (χ2v) is 1.51. The number of hydrogen-bond donors (Lipinski definition) is 2. The van der Waals surface area contributed by atoms with Crippen LogP contribution in [0.5, 0.6) is 0 Å². The lowest BCUT2D eigenvalue weighted by atomic mass is 11.2. The minimum Gasteiger partial charge on any atom is -0.375 e. The molecule has 0 aromatic rings. The van der Waals surface area contributed by atoms with E-state index < -0.39 is 0 Å². The zero-order chi connectivity index (χ0) is 5.98. The average Bonchev–Trinajstić information content (AvgIpc) is 1.55. The van der Waals surface area contributed by atoms with Crippen molar-refractivity contribution < 1.29 is 0 Å². The number of nitrogens with two attached hydrogens (primary N) is 1. The third-order valence-electron chi connectivity index (χ3n) is 0.489. The van der Waals surface area contributed by atoms with Crippen molar-refractivity contribution in [2.24, 2.45) is 15.9 Å². The Morgan fingerprint density at radius 2 is 2.38 bits per heavy atom. The Balaban J connectivity index is 2.24. The van der Waals surface area contributed by atoms with Crippen LogP contribution in [0, 0.1) is 0 Å². The summed E-state index contributed by atoms with van der Waals surface area (Å²) in [5, 5.41) is 8.16. The molecule has 8 heavy (non-hydrogen) atoms. The molecule has 1 aliphatic heterocycles. The fraction of sp³-hybridized carbons (Fsp3) is 0. The Hall–Kier alpha value is -1.13. The normalized spacial score (nSPS) is 13.2. The largest absolute Gasteiger partial charge is 0.375 e. The van der Waals surface area contributed by atoms with Gasteiger partial charge < -0.3 is 5.73 Å². The molecule has 6 heteroatoms. The van der Waals surface area contributed by atoms with E-state index >= 15 is 0 Å². The van der Waals surface area contributed by atoms with Crippen LogP contribution in [0.2, 0.25) is 0 Å². The highest BCUT2D eigenvalue weighted by atomic mass is 32.1. The van der Waals surface area contributed by atoms with Crippen LogP contribution in [0.25, 0.3) is 0 Å². The first-order valence-electron chi connectivity index (χ1n) is 1.81. The van der Waals surface area contributed by atoms with Crippen LogP contribution in [0.15, 0.2) is 10.2 Å². The maximum Gasteiger partial charge on any atom is 0.185 e. The number of nitrogens with zero attached hydrogens (tertiary/aromatic N) is 3. The molecule has 1 heterocycles. The second-order valence-electron chi connectivity index (χ2n) is 1.07. The molecular weight excluding hydrogens is 126 g/mol. The predicted octanol–water partition coefficient (Wildman–Crippen LogP) is -0.946. The minimum atomic E-state index is 0.138. The zero-order valence-corrected chi connectivity index (χ0v) is 4.64. The number of rotatable bonds is 1. The van der Waals surface area contributed by atoms with Gasteiger partial charge in [0.1, 0.15) is 6.01 Å². The molecule has 5 nitrogen and oxygen atoms in total. The van der Waals surface area contributed by atoms with Gasteiger partial charge in [-0.15, -0.1) is 0 Å². The number of hydrogen-bond acceptors (Lipinski definition) is 4. The topological polar surface area (TPSA) is 66.0 Å². The summed E-state index contributed by atoms with van der Waals surface area (Å²) in [7, 11) is 0. The van der Waals surface area contributed by atoms with Gasteiger partial charge in [0, 0.05) is 0 Å². The molecule has 0 fully saturated rings. The molecule has 0 aromatic carbocycles. The van der Waals surface area contributed by atoms with E-state index in [1.165, 1.54) is 0 Å². The van der Waals surface area contributed by atoms with E-state index in [9.17, 15) is 0 Å². The van der Waals surface area contributed by atoms with E-state index in [-0.39, 0.29) is 5.11 Å². The van der Waals surface area contributed by atoms with Gasteiger partial charge in [0.25, 0.3) is 0 Å². The Bertz CT molecular complexity index is 159. The highest BCUT2D eigenvalue weighted by molar-refractivity contribution is 7.80. The van der Waals surface area contributed by atoms with Crippen molar-refractivity contribution in [3.63, 3.8) is 0 Å². The van der Waals surface area contributed by atoms with Gasteiger partial charge in [-0.05, 0) is 12.2 Å². The third kappa shape index (κ3) is 0.927. The Labute approximate surface area is 50.8 Å². The molecule has 0 saturated carbocycles. The van der Waals surface area contributed by atoms with Crippen molar-refractivity contribution in [3.8, 4) is 0 Å². The molecule has 1 aliphatic rings. The Morgan fingerprint density at radius 1 is 1.75 bits per heavy atom. The lowest BCUT2D eigenvalue weighted by Gasteiger charge is -2.12. The molecule has 0 radical (unpaired) electrons. The van der Waals surface area contributed by atoms with Gasteiger partial charge in [-0.3, -0.25) is 0 Å². The lowest BCUT2D eigenvalue weighted by Crippen LogP contribution is -2.40. The van der Waals surface area contributed by atoms with Gasteiger partial charge in [-0.2, -0.15) is 0 Å². The van der Waals surface area contributed by atoms with Crippen LogP contribution >= 0.6 is 12.2 Å². The fourth-order valence-corrected chi connectivity index (χ4v) is 0.320. The summed E-state index contributed by atoms with van der Waals surface area (Å²) in [6.07, 6.45) is 0. The van der Waals surface area contributed by atoms with E-state index in [1.807, 2.05) is 0 Å². The highest BCUT2D eigenvalue weighted by Crippen LogP contribution is 1.87. The molecule has 0 saturated heterocycles. The lowest BCUT2D eigenvalue weighted by molar-refractivity contribution is 0.240. The van der Waals surface area contributed by atoms with Crippen molar-refractivity contribution in [3.05, 3.63) is 0 Å². The summed E-state index contributed by atoms with van der Waals surface area (Å²) in [5.74, 6) is 0. The molecule has 1 rings (SSSR count). The first-order chi connectivity index (χ1) is 3.79. The van der Waals surface area contributed by atoms with E-state index in [2.05, 4.69) is 33.9 Å². The maximum absolute atomic E-state index is 5.03. The third-order valence-corrected chi connectivity index (χ3v) is 0.580. The molecule has 0 aliphatic carbocycles. The molecule has 0 amide bonds. The van der Waals surface area contributed by atoms with Gasteiger partial charge in [0.15, 0.2) is 5.11 Å². The molecular formula is C2H3N5S. The Kier molecular flexibility index (Phi) is 1.11. The summed E-state index contributed by atoms with van der Waals surface area (Å²) >= 11 is 4.45. The quantitative estimate of drug-likeness (QED) is 0.448. The van der Waals surface area contributed by atoms with Crippen LogP contribution in [0.3, 0.4) is 0 Å². The van der Waals surface area contributed by atoms with Crippen molar-refractivity contribution >= 4 is 23.3 Å². The van der Waals surface area contributed by atoms with Crippen molar-refractivity contribution in [2.45, 2.75) is 0 Å². The molecule has 3 N–H and O–H groups in total. The predicted molar refractivity (Wildman–Crippen MR) is 31.6 cm³/mol. The van der Waals surface area contributed by atoms with Crippen LogP contribution in [-0.4, -0.2) is 16.3 Å². The highest BCUT2D eigenvalue weighted by Gasteiger charge is 2.00. The number of nitrogens with one attached hydrogen (secondary N) is 1. The summed E-state index contributed by atoms with van der Waals surface area (Å²) in [5.41, 5.74) is 7.46. The first kappa shape index (κ1) is 5.02. The number of hydrazone groups is 2. The molecule has 0 bridgehead atoms. The van der Waals surface area contributed by atoms with E-state index in [1.54, 1.807) is 0 Å². The van der Waals surface area contributed by atoms with Gasteiger partial charge in [0.2, 0.25) is 0 Å². The van der Waals surface area contributed by atoms with Gasteiger partial charge in [0.05, 0.1) is 0 Å². The van der Waals surface area contributed by atoms with Crippen LogP contribution < -0.4 is 11.2 Å². The summed E-state index contributed by atoms with van der Waals surface area (Å²) < 4.78 is 0. The monoisotopic (exact) mass is 129 g/mol. The van der Waals surface area contributed by atoms with Crippen molar-refractivity contribution in [2.75, 3.05) is 0 Å². The number of thiocarbonyl (C=S) groups is 1. The summed E-state index contributed by atoms with van der Waals surface area (Å²) in [6, 6.07) is 2.26. The summed E-state index contributed by atoms with van der Waals surface area (Å²) in [4.78, 5) is 0. The molecule has 0 spiro atoms. The first-order valence-corrected chi connectivity index (χ1v) is 2.22. The standard InChI is InChI=1S/C2H3N5S/c3-2(8)6-7-4-1-5-7/h(H3,3,6,8). The van der Waals surface area contributed by atoms with Gasteiger partial charge in [-0.1, -0.05) is 15.4 Å². The van der Waals surface area contributed by atoms with Crippen molar-refractivity contribution in [1.29, 1.82) is 0 Å². The fourth-order valence-electron chi connectivity index (χ4n) is 0.238. The van der Waals surface area contributed by atoms with E-state index in [0.717, 1.165) is 5.23 Å². The van der Waals surface area contributed by atoms with Gasteiger partial charge >= 0.3 is 0 Å². The molecule has 42 valence electrons. The van der Waals surface area contributed by atoms with Crippen LogP contribution in [-0.2, 0) is 0 Å².